The average molecular weight is 371 g/mol. The van der Waals surface area contributed by atoms with Crippen LogP contribution in [0.1, 0.15) is 41.0 Å². The highest BCUT2D eigenvalue weighted by atomic mass is 28.4. The van der Waals surface area contributed by atoms with Gasteiger partial charge in [-0.3, -0.25) is 4.79 Å². The molecule has 0 aliphatic heterocycles. The molecule has 0 bridgehead atoms. The first-order valence-electron chi connectivity index (χ1n) is 9.25. The molecule has 0 N–H and O–H groups in total. The van der Waals surface area contributed by atoms with Crippen molar-refractivity contribution >= 4 is 24.7 Å². The number of hydrogen-bond acceptors (Lipinski definition) is 3. The third kappa shape index (κ3) is 4.43. The first kappa shape index (κ1) is 20.4. The molecule has 0 radical (unpaired) electrons. The minimum absolute atomic E-state index is 0.0986. The van der Waals surface area contributed by atoms with Crippen LogP contribution in [0.2, 0.25) is 5.04 Å². The van der Waals surface area contributed by atoms with Crippen molar-refractivity contribution in [3.8, 4) is 0 Å². The van der Waals surface area contributed by atoms with Gasteiger partial charge >= 0.3 is 5.97 Å². The number of rotatable bonds is 7. The minimum Gasteiger partial charge on any atom is -0.466 e. The second-order valence-electron chi connectivity index (χ2n) is 7.60. The van der Waals surface area contributed by atoms with Gasteiger partial charge in [0.2, 0.25) is 0 Å². The third-order valence-corrected chi connectivity index (χ3v) is 9.72. The second kappa shape index (κ2) is 8.65. The molecule has 0 heterocycles. The molecular formula is C22H30O3Si. The van der Waals surface area contributed by atoms with Gasteiger partial charge in [0.25, 0.3) is 8.32 Å². The smallest absolute Gasteiger partial charge is 0.308 e. The molecule has 0 fully saturated rings. The molecule has 26 heavy (non-hydrogen) atoms. The Bertz CT molecular complexity index is 653. The Morgan fingerprint density at radius 3 is 1.81 bits per heavy atom. The SMILES string of the molecule is CCOC(=O)C[C@@H](C)O[Si](c1ccccc1)(c1ccccc1)C(C)(C)C. The molecule has 2 aromatic rings. The Kier molecular flexibility index (Phi) is 6.79. The van der Waals surface area contributed by atoms with Crippen molar-refractivity contribution in [3.05, 3.63) is 60.7 Å². The first-order chi connectivity index (χ1) is 12.3. The summed E-state index contributed by atoms with van der Waals surface area (Å²) >= 11 is 0. The number of hydrogen-bond donors (Lipinski definition) is 0. The zero-order valence-electron chi connectivity index (χ0n) is 16.5. The standard InChI is InChI=1S/C22H30O3Si/c1-6-24-21(23)17-18(2)25-26(22(3,4)5,19-13-9-7-10-14-19)20-15-11-8-12-16-20/h7-16,18H,6,17H2,1-5H3/t18-/m1/s1. The molecule has 0 aliphatic rings. The van der Waals surface area contributed by atoms with Gasteiger partial charge in [-0.2, -0.15) is 0 Å². The Hall–Kier alpha value is -1.91. The number of ether oxygens (including phenoxy) is 1. The summed E-state index contributed by atoms with van der Waals surface area (Å²) in [6.45, 7) is 10.9. The topological polar surface area (TPSA) is 35.5 Å². The molecule has 0 aliphatic carbocycles. The summed E-state index contributed by atoms with van der Waals surface area (Å²) in [5, 5.41) is 2.34. The van der Waals surface area contributed by atoms with Crippen molar-refractivity contribution in [2.45, 2.75) is 52.2 Å². The summed E-state index contributed by atoms with van der Waals surface area (Å²) in [5.74, 6) is -0.210. The molecule has 0 aromatic heterocycles. The summed E-state index contributed by atoms with van der Waals surface area (Å²) in [4.78, 5) is 12.0. The maximum atomic E-state index is 12.0. The third-order valence-electron chi connectivity index (χ3n) is 4.55. The molecule has 2 aromatic carbocycles. The van der Waals surface area contributed by atoms with Crippen LogP contribution in [0.5, 0.6) is 0 Å². The van der Waals surface area contributed by atoms with E-state index >= 15 is 0 Å². The maximum absolute atomic E-state index is 12.0. The Morgan fingerprint density at radius 2 is 1.42 bits per heavy atom. The predicted octanol–water partition coefficient (Wildman–Crippen LogP) is 3.90. The Morgan fingerprint density at radius 1 is 0.962 bits per heavy atom. The van der Waals surface area contributed by atoms with Crippen LogP contribution in [0.15, 0.2) is 60.7 Å². The summed E-state index contributed by atoms with van der Waals surface area (Å²) in [6, 6.07) is 20.9. The number of carbonyl (C=O) groups is 1. The van der Waals surface area contributed by atoms with Crippen LogP contribution in [0.25, 0.3) is 0 Å². The van der Waals surface area contributed by atoms with E-state index in [0.29, 0.717) is 6.61 Å². The lowest BCUT2D eigenvalue weighted by Crippen LogP contribution is -2.67. The lowest BCUT2D eigenvalue weighted by Gasteiger charge is -2.44. The fourth-order valence-electron chi connectivity index (χ4n) is 3.49. The molecule has 0 amide bonds. The summed E-state index contributed by atoms with van der Waals surface area (Å²) in [5.41, 5.74) is 0. The molecule has 0 saturated heterocycles. The fraction of sp³-hybridized carbons (Fsp3) is 0.409. The van der Waals surface area contributed by atoms with Gasteiger partial charge in [0.05, 0.1) is 19.1 Å². The Labute approximate surface area is 158 Å². The highest BCUT2D eigenvalue weighted by Gasteiger charge is 2.51. The zero-order valence-corrected chi connectivity index (χ0v) is 17.5. The Balaban J connectivity index is 2.52. The summed E-state index contributed by atoms with van der Waals surface area (Å²) in [6.07, 6.45) is 0.0403. The lowest BCUT2D eigenvalue weighted by atomic mass is 10.2. The molecule has 4 heteroatoms. The van der Waals surface area contributed by atoms with Crippen molar-refractivity contribution in [3.63, 3.8) is 0 Å². The van der Waals surface area contributed by atoms with Gasteiger partial charge < -0.3 is 9.16 Å². The minimum atomic E-state index is -2.61. The maximum Gasteiger partial charge on any atom is 0.308 e. The van der Waals surface area contributed by atoms with Crippen LogP contribution >= 0.6 is 0 Å². The summed E-state index contributed by atoms with van der Waals surface area (Å²) < 4.78 is 12.0. The quantitative estimate of drug-likeness (QED) is 0.548. The normalized spacial score (nSPS) is 13.3. The molecule has 0 saturated carbocycles. The fourth-order valence-corrected chi connectivity index (χ4v) is 8.19. The monoisotopic (exact) mass is 370 g/mol. The van der Waals surface area contributed by atoms with Crippen LogP contribution in [0.4, 0.5) is 0 Å². The van der Waals surface area contributed by atoms with Crippen molar-refractivity contribution in [1.82, 2.24) is 0 Å². The van der Waals surface area contributed by atoms with E-state index < -0.39 is 8.32 Å². The molecular weight excluding hydrogens is 340 g/mol. The predicted molar refractivity (Wildman–Crippen MR) is 109 cm³/mol. The van der Waals surface area contributed by atoms with Crippen molar-refractivity contribution in [2.24, 2.45) is 0 Å². The molecule has 0 unspecified atom stereocenters. The van der Waals surface area contributed by atoms with Crippen LogP contribution in [0, 0.1) is 0 Å². The first-order valence-corrected chi connectivity index (χ1v) is 11.2. The number of carbonyl (C=O) groups excluding carboxylic acids is 1. The molecule has 0 spiro atoms. The van der Waals surface area contributed by atoms with E-state index in [4.69, 9.17) is 9.16 Å². The van der Waals surface area contributed by atoms with Gasteiger partial charge in [0.1, 0.15) is 0 Å². The van der Waals surface area contributed by atoms with E-state index in [0.717, 1.165) is 0 Å². The van der Waals surface area contributed by atoms with Crippen LogP contribution in [-0.2, 0) is 14.0 Å². The van der Waals surface area contributed by atoms with Gasteiger partial charge in [-0.1, -0.05) is 81.4 Å². The van der Waals surface area contributed by atoms with Crippen molar-refractivity contribution in [1.29, 1.82) is 0 Å². The second-order valence-corrected chi connectivity index (χ2v) is 11.9. The van der Waals surface area contributed by atoms with E-state index in [9.17, 15) is 4.79 Å². The van der Waals surface area contributed by atoms with Gasteiger partial charge in [-0.05, 0) is 29.3 Å². The van der Waals surface area contributed by atoms with E-state index in [1.54, 1.807) is 0 Å². The van der Waals surface area contributed by atoms with Gasteiger partial charge in [0.15, 0.2) is 0 Å². The van der Waals surface area contributed by atoms with Gasteiger partial charge in [-0.15, -0.1) is 0 Å². The van der Waals surface area contributed by atoms with Gasteiger partial charge in [0, 0.05) is 0 Å². The highest BCUT2D eigenvalue weighted by Crippen LogP contribution is 2.37. The van der Waals surface area contributed by atoms with Crippen LogP contribution < -0.4 is 10.4 Å². The molecule has 140 valence electrons. The van der Waals surface area contributed by atoms with E-state index in [1.165, 1.54) is 10.4 Å². The van der Waals surface area contributed by atoms with Crippen LogP contribution in [-0.4, -0.2) is 27.0 Å². The van der Waals surface area contributed by atoms with E-state index in [-0.39, 0.29) is 23.5 Å². The molecule has 2 rings (SSSR count). The van der Waals surface area contributed by atoms with E-state index in [1.807, 2.05) is 26.0 Å². The largest absolute Gasteiger partial charge is 0.466 e. The summed E-state index contributed by atoms with van der Waals surface area (Å²) in [7, 11) is -2.61. The molecule has 3 nitrogen and oxygen atoms in total. The number of esters is 1. The average Bonchev–Trinajstić information content (AvgIpc) is 2.60. The lowest BCUT2D eigenvalue weighted by molar-refractivity contribution is -0.144. The van der Waals surface area contributed by atoms with Crippen LogP contribution in [0.3, 0.4) is 0 Å². The zero-order chi connectivity index (χ0) is 19.2. The van der Waals surface area contributed by atoms with Crippen molar-refractivity contribution in [2.75, 3.05) is 6.61 Å². The van der Waals surface area contributed by atoms with Crippen molar-refractivity contribution < 1.29 is 14.0 Å². The number of benzene rings is 2. The molecule has 1 atom stereocenters. The van der Waals surface area contributed by atoms with E-state index in [2.05, 4.69) is 69.3 Å². The van der Waals surface area contributed by atoms with Gasteiger partial charge in [-0.25, -0.2) is 0 Å². The highest BCUT2D eigenvalue weighted by molar-refractivity contribution is 6.99.